The Morgan fingerprint density at radius 2 is 2.41 bits per heavy atom. The fourth-order valence-electron chi connectivity index (χ4n) is 2.00. The van der Waals surface area contributed by atoms with E-state index >= 15 is 0 Å². The van der Waals surface area contributed by atoms with Crippen LogP contribution < -0.4 is 0 Å². The molecule has 1 aromatic rings. The quantitative estimate of drug-likeness (QED) is 0.811. The van der Waals surface area contributed by atoms with E-state index in [1.54, 1.807) is 0 Å². The summed E-state index contributed by atoms with van der Waals surface area (Å²) < 4.78 is 26.1. The molecule has 1 aromatic heterocycles. The summed E-state index contributed by atoms with van der Waals surface area (Å²) >= 11 is 0. The molecular formula is C11H17N3O2S. The first-order valence-electron chi connectivity index (χ1n) is 5.83. The van der Waals surface area contributed by atoms with Gasteiger partial charge in [-0.1, -0.05) is 31.9 Å². The predicted molar refractivity (Wildman–Crippen MR) is 64.9 cm³/mol. The summed E-state index contributed by atoms with van der Waals surface area (Å²) in [6, 6.07) is -0.00477. The fourth-order valence-corrected chi connectivity index (χ4v) is 3.47. The van der Waals surface area contributed by atoms with E-state index in [0.29, 0.717) is 6.54 Å². The van der Waals surface area contributed by atoms with Gasteiger partial charge in [-0.3, -0.25) is 5.10 Å². The van der Waals surface area contributed by atoms with E-state index in [1.165, 1.54) is 16.7 Å². The van der Waals surface area contributed by atoms with E-state index in [2.05, 4.69) is 17.1 Å². The van der Waals surface area contributed by atoms with Crippen LogP contribution >= 0.6 is 0 Å². The Hall–Kier alpha value is -1.14. The van der Waals surface area contributed by atoms with Crippen LogP contribution in [-0.2, 0) is 10.0 Å². The molecule has 2 heterocycles. The van der Waals surface area contributed by atoms with Gasteiger partial charge in [0.25, 0.3) is 0 Å². The van der Waals surface area contributed by atoms with Gasteiger partial charge in [-0.15, -0.1) is 0 Å². The Kier molecular flexibility index (Phi) is 3.63. The van der Waals surface area contributed by atoms with Crippen LogP contribution in [0, 0.1) is 0 Å². The minimum Gasteiger partial charge on any atom is -0.284 e. The molecule has 0 fully saturated rings. The summed E-state index contributed by atoms with van der Waals surface area (Å²) in [7, 11) is -3.40. The Morgan fingerprint density at radius 3 is 3.06 bits per heavy atom. The van der Waals surface area contributed by atoms with E-state index in [-0.39, 0.29) is 10.9 Å². The molecule has 0 amide bonds. The molecule has 0 aromatic carbocycles. The van der Waals surface area contributed by atoms with Crippen molar-refractivity contribution in [2.45, 2.75) is 37.1 Å². The zero-order valence-corrected chi connectivity index (χ0v) is 10.7. The second kappa shape index (κ2) is 5.01. The smallest absolute Gasteiger partial charge is 0.247 e. The number of sulfonamides is 1. The SMILES string of the molecule is CCCCC1C=CCN1S(=O)(=O)c1cn[nH]c1. The molecule has 5 nitrogen and oxygen atoms in total. The molecule has 1 atom stereocenters. The molecule has 0 spiro atoms. The average molecular weight is 255 g/mol. The van der Waals surface area contributed by atoms with Crippen LogP contribution in [0.5, 0.6) is 0 Å². The maximum absolute atomic E-state index is 12.3. The lowest BCUT2D eigenvalue weighted by molar-refractivity contribution is 0.387. The first-order valence-corrected chi connectivity index (χ1v) is 7.27. The highest BCUT2D eigenvalue weighted by atomic mass is 32.2. The highest BCUT2D eigenvalue weighted by Crippen LogP contribution is 2.24. The summed E-state index contributed by atoms with van der Waals surface area (Å²) in [5, 5.41) is 6.24. The standard InChI is InChI=1S/C11H17N3O2S/c1-2-3-5-10-6-4-7-14(10)17(15,16)11-8-12-13-9-11/h4,6,8-10H,2-3,5,7H2,1H3,(H,12,13). The first-order chi connectivity index (χ1) is 8.16. The van der Waals surface area contributed by atoms with E-state index in [0.717, 1.165) is 19.3 Å². The minimum absolute atomic E-state index is 0.00477. The van der Waals surface area contributed by atoms with Gasteiger partial charge >= 0.3 is 0 Å². The van der Waals surface area contributed by atoms with Crippen molar-refractivity contribution in [3.8, 4) is 0 Å². The van der Waals surface area contributed by atoms with Crippen molar-refractivity contribution < 1.29 is 8.42 Å². The summed E-state index contributed by atoms with van der Waals surface area (Å²) in [6.45, 7) is 2.56. The van der Waals surface area contributed by atoms with Gasteiger partial charge in [-0.25, -0.2) is 8.42 Å². The van der Waals surface area contributed by atoms with E-state index in [4.69, 9.17) is 0 Å². The number of aromatic amines is 1. The van der Waals surface area contributed by atoms with Crippen LogP contribution in [0.4, 0.5) is 0 Å². The summed E-state index contributed by atoms with van der Waals surface area (Å²) in [4.78, 5) is 0.239. The van der Waals surface area contributed by atoms with E-state index < -0.39 is 10.0 Å². The third kappa shape index (κ3) is 2.42. The van der Waals surface area contributed by atoms with Crippen molar-refractivity contribution >= 4 is 10.0 Å². The number of aromatic nitrogens is 2. The van der Waals surface area contributed by atoms with Crippen LogP contribution in [0.3, 0.4) is 0 Å². The van der Waals surface area contributed by atoms with Gasteiger partial charge in [0.15, 0.2) is 0 Å². The molecule has 0 saturated heterocycles. The molecule has 1 unspecified atom stereocenters. The molecule has 1 aliphatic heterocycles. The highest BCUT2D eigenvalue weighted by molar-refractivity contribution is 7.89. The number of H-pyrrole nitrogens is 1. The topological polar surface area (TPSA) is 66.1 Å². The van der Waals surface area contributed by atoms with Crippen molar-refractivity contribution in [3.63, 3.8) is 0 Å². The Bertz CT molecular complexity index is 479. The van der Waals surface area contributed by atoms with Crippen LogP contribution in [0.15, 0.2) is 29.4 Å². The van der Waals surface area contributed by atoms with Gasteiger partial charge in [0, 0.05) is 18.8 Å². The molecule has 0 aliphatic carbocycles. The van der Waals surface area contributed by atoms with Crippen LogP contribution in [0.2, 0.25) is 0 Å². The lowest BCUT2D eigenvalue weighted by atomic mass is 10.1. The molecule has 0 saturated carbocycles. The van der Waals surface area contributed by atoms with Crippen molar-refractivity contribution in [1.29, 1.82) is 0 Å². The van der Waals surface area contributed by atoms with Gasteiger partial charge in [0.2, 0.25) is 10.0 Å². The van der Waals surface area contributed by atoms with Gasteiger partial charge in [0.1, 0.15) is 4.90 Å². The Labute approximate surface area is 102 Å². The molecule has 0 bridgehead atoms. The van der Waals surface area contributed by atoms with Crippen molar-refractivity contribution in [2.24, 2.45) is 0 Å². The van der Waals surface area contributed by atoms with Crippen LogP contribution in [-0.4, -0.2) is 35.5 Å². The number of unbranched alkanes of at least 4 members (excludes halogenated alkanes) is 1. The van der Waals surface area contributed by atoms with Gasteiger partial charge in [0.05, 0.1) is 6.20 Å². The van der Waals surface area contributed by atoms with Crippen molar-refractivity contribution in [3.05, 3.63) is 24.5 Å². The third-order valence-corrected chi connectivity index (χ3v) is 4.80. The normalized spacial score (nSPS) is 21.1. The monoisotopic (exact) mass is 255 g/mol. The maximum atomic E-state index is 12.3. The zero-order valence-electron chi connectivity index (χ0n) is 9.83. The number of hydrogen-bond donors (Lipinski definition) is 1. The maximum Gasteiger partial charge on any atom is 0.247 e. The van der Waals surface area contributed by atoms with Crippen LogP contribution in [0.25, 0.3) is 0 Å². The predicted octanol–water partition coefficient (Wildman–Crippen LogP) is 1.53. The molecule has 1 N–H and O–H groups in total. The summed E-state index contributed by atoms with van der Waals surface area (Å²) in [5.74, 6) is 0. The van der Waals surface area contributed by atoms with Crippen LogP contribution in [0.1, 0.15) is 26.2 Å². The third-order valence-electron chi connectivity index (χ3n) is 2.95. The number of hydrogen-bond acceptors (Lipinski definition) is 3. The number of rotatable bonds is 5. The number of nitrogens with one attached hydrogen (secondary N) is 1. The fraction of sp³-hybridized carbons (Fsp3) is 0.545. The second-order valence-electron chi connectivity index (χ2n) is 4.15. The van der Waals surface area contributed by atoms with Crippen molar-refractivity contribution in [2.75, 3.05) is 6.54 Å². The number of nitrogens with zero attached hydrogens (tertiary/aromatic N) is 2. The van der Waals surface area contributed by atoms with Gasteiger partial charge < -0.3 is 0 Å². The molecule has 0 radical (unpaired) electrons. The average Bonchev–Trinajstić information content (AvgIpc) is 2.97. The Balaban J connectivity index is 2.17. The summed E-state index contributed by atoms with van der Waals surface area (Å²) in [5.41, 5.74) is 0. The first kappa shape index (κ1) is 12.3. The lowest BCUT2D eigenvalue weighted by Gasteiger charge is -2.23. The molecule has 94 valence electrons. The molecule has 6 heteroatoms. The zero-order chi connectivity index (χ0) is 12.3. The minimum atomic E-state index is -3.40. The Morgan fingerprint density at radius 1 is 1.59 bits per heavy atom. The molecule has 1 aliphatic rings. The van der Waals surface area contributed by atoms with Gasteiger partial charge in [-0.05, 0) is 6.42 Å². The highest BCUT2D eigenvalue weighted by Gasteiger charge is 2.32. The molecular weight excluding hydrogens is 238 g/mol. The molecule has 17 heavy (non-hydrogen) atoms. The van der Waals surface area contributed by atoms with Gasteiger partial charge in [-0.2, -0.15) is 9.40 Å². The molecule has 2 rings (SSSR count). The van der Waals surface area contributed by atoms with Crippen molar-refractivity contribution in [1.82, 2.24) is 14.5 Å². The largest absolute Gasteiger partial charge is 0.284 e. The van der Waals surface area contributed by atoms with E-state index in [1.807, 2.05) is 12.2 Å². The van der Waals surface area contributed by atoms with E-state index in [9.17, 15) is 8.42 Å². The second-order valence-corrected chi connectivity index (χ2v) is 6.04. The summed E-state index contributed by atoms with van der Waals surface area (Å²) in [6.07, 6.45) is 9.65. The lowest BCUT2D eigenvalue weighted by Crippen LogP contribution is -2.35.